The first-order chi connectivity index (χ1) is 7.66. The Morgan fingerprint density at radius 2 is 2.12 bits per heavy atom. The summed E-state index contributed by atoms with van der Waals surface area (Å²) in [5.74, 6) is -0.927. The van der Waals surface area contributed by atoms with E-state index in [9.17, 15) is 9.59 Å². The predicted molar refractivity (Wildman–Crippen MR) is 55.3 cm³/mol. The summed E-state index contributed by atoms with van der Waals surface area (Å²) >= 11 is 0. The van der Waals surface area contributed by atoms with Gasteiger partial charge in [-0.25, -0.2) is 0 Å². The molecule has 86 valence electrons. The van der Waals surface area contributed by atoms with E-state index in [-0.39, 0.29) is 11.7 Å². The maximum absolute atomic E-state index is 11.9. The number of amides is 1. The minimum atomic E-state index is -0.536. The molecule has 0 spiro atoms. The molecule has 1 aromatic rings. The van der Waals surface area contributed by atoms with Gasteiger partial charge in [-0.05, 0) is 0 Å². The number of hydrogen-bond donors (Lipinski definition) is 3. The van der Waals surface area contributed by atoms with Crippen LogP contribution in [0.25, 0.3) is 0 Å². The zero-order chi connectivity index (χ0) is 11.5. The van der Waals surface area contributed by atoms with Crippen molar-refractivity contribution in [1.82, 2.24) is 20.2 Å². The molecule has 1 aliphatic heterocycles. The fraction of sp³-hybridized carbons (Fsp3) is 0.444. The Morgan fingerprint density at radius 3 is 2.75 bits per heavy atom. The molecule has 1 aromatic heterocycles. The third-order valence-electron chi connectivity index (χ3n) is 2.33. The number of aromatic amines is 1. The summed E-state index contributed by atoms with van der Waals surface area (Å²) in [4.78, 5) is 30.4. The molecule has 0 aromatic carbocycles. The average Bonchev–Trinajstić information content (AvgIpc) is 2.28. The molecular weight excluding hydrogens is 212 g/mol. The van der Waals surface area contributed by atoms with Gasteiger partial charge < -0.3 is 20.3 Å². The maximum atomic E-state index is 11.9. The van der Waals surface area contributed by atoms with E-state index in [2.05, 4.69) is 15.3 Å². The van der Waals surface area contributed by atoms with E-state index in [0.29, 0.717) is 13.1 Å². The van der Waals surface area contributed by atoms with Crippen LogP contribution in [-0.2, 0) is 0 Å². The first kappa shape index (κ1) is 10.6. The quantitative estimate of drug-likeness (QED) is 0.540. The third-order valence-corrected chi connectivity index (χ3v) is 2.33. The predicted octanol–water partition coefficient (Wildman–Crippen LogP) is -1.48. The second-order valence-corrected chi connectivity index (χ2v) is 3.49. The lowest BCUT2D eigenvalue weighted by atomic mass is 10.3. The van der Waals surface area contributed by atoms with Crippen molar-refractivity contribution in [3.05, 3.63) is 22.2 Å². The molecule has 2 rings (SSSR count). The van der Waals surface area contributed by atoms with Gasteiger partial charge in [0.05, 0.1) is 6.07 Å². The van der Waals surface area contributed by atoms with E-state index in [0.717, 1.165) is 19.2 Å². The van der Waals surface area contributed by atoms with E-state index < -0.39 is 11.4 Å². The first-order valence-corrected chi connectivity index (χ1v) is 4.97. The molecule has 0 saturated carbocycles. The molecule has 1 saturated heterocycles. The van der Waals surface area contributed by atoms with Gasteiger partial charge in [-0.2, -0.15) is 4.98 Å². The Bertz CT molecular complexity index is 450. The molecule has 16 heavy (non-hydrogen) atoms. The summed E-state index contributed by atoms with van der Waals surface area (Å²) in [6.07, 6.45) is 0. The minimum absolute atomic E-state index is 0.119. The monoisotopic (exact) mass is 224 g/mol. The zero-order valence-electron chi connectivity index (χ0n) is 8.56. The van der Waals surface area contributed by atoms with E-state index in [1.807, 2.05) is 0 Å². The smallest absolute Gasteiger partial charge is 0.289 e. The number of nitrogens with zero attached hydrogens (tertiary/aromatic N) is 2. The van der Waals surface area contributed by atoms with Crippen molar-refractivity contribution >= 4 is 5.91 Å². The number of hydrogen-bond acceptors (Lipinski definition) is 5. The van der Waals surface area contributed by atoms with Crippen molar-refractivity contribution in [2.24, 2.45) is 0 Å². The summed E-state index contributed by atoms with van der Waals surface area (Å²) in [5.41, 5.74) is -0.536. The number of nitrogens with one attached hydrogen (secondary N) is 2. The number of carbonyl (C=O) groups excluding carboxylic acids is 1. The zero-order valence-corrected chi connectivity index (χ0v) is 8.56. The second kappa shape index (κ2) is 4.31. The van der Waals surface area contributed by atoms with Gasteiger partial charge in [-0.3, -0.25) is 9.59 Å². The number of H-pyrrole nitrogens is 1. The highest BCUT2D eigenvalue weighted by atomic mass is 16.3. The lowest BCUT2D eigenvalue weighted by molar-refractivity contribution is 0.0722. The van der Waals surface area contributed by atoms with Crippen LogP contribution >= 0.6 is 0 Å². The van der Waals surface area contributed by atoms with Crippen LogP contribution in [0, 0.1) is 0 Å². The Labute approximate surface area is 91.1 Å². The molecule has 1 fully saturated rings. The van der Waals surface area contributed by atoms with E-state index in [4.69, 9.17) is 5.11 Å². The van der Waals surface area contributed by atoms with E-state index in [1.54, 1.807) is 4.90 Å². The van der Waals surface area contributed by atoms with Gasteiger partial charge >= 0.3 is 0 Å². The number of piperazine rings is 1. The summed E-state index contributed by atoms with van der Waals surface area (Å²) in [7, 11) is 0. The van der Waals surface area contributed by atoms with Crippen molar-refractivity contribution in [2.45, 2.75) is 0 Å². The molecule has 0 atom stereocenters. The van der Waals surface area contributed by atoms with Gasteiger partial charge in [-0.1, -0.05) is 0 Å². The highest BCUT2D eigenvalue weighted by molar-refractivity contribution is 5.90. The van der Waals surface area contributed by atoms with Gasteiger partial charge in [0.1, 0.15) is 0 Å². The molecule has 0 bridgehead atoms. The standard InChI is InChI=1S/C9H12N4O3/c14-6-5-7(15)12-8(11-6)9(16)13-3-1-10-2-4-13/h5,10H,1-4H2,(H2,11,12,14,15). The van der Waals surface area contributed by atoms with Crippen LogP contribution in [0.3, 0.4) is 0 Å². The summed E-state index contributed by atoms with van der Waals surface area (Å²) in [6, 6.07) is 0.925. The Morgan fingerprint density at radius 1 is 1.44 bits per heavy atom. The van der Waals surface area contributed by atoms with Crippen LogP contribution in [0.2, 0.25) is 0 Å². The summed E-state index contributed by atoms with van der Waals surface area (Å²) in [5, 5.41) is 12.2. The van der Waals surface area contributed by atoms with Crippen LogP contribution < -0.4 is 10.9 Å². The lowest BCUT2D eigenvalue weighted by Crippen LogP contribution is -2.47. The number of carbonyl (C=O) groups is 1. The molecule has 1 aliphatic rings. The van der Waals surface area contributed by atoms with Gasteiger partial charge in [-0.15, -0.1) is 0 Å². The van der Waals surface area contributed by atoms with Crippen molar-refractivity contribution in [1.29, 1.82) is 0 Å². The Kier molecular flexibility index (Phi) is 2.86. The fourth-order valence-electron chi connectivity index (χ4n) is 1.56. The van der Waals surface area contributed by atoms with Crippen LogP contribution in [0.5, 0.6) is 5.88 Å². The van der Waals surface area contributed by atoms with Crippen LogP contribution in [-0.4, -0.2) is 52.1 Å². The molecule has 7 heteroatoms. The number of aromatic hydroxyl groups is 1. The molecule has 0 unspecified atom stereocenters. The molecule has 1 amide bonds. The maximum Gasteiger partial charge on any atom is 0.289 e. The first-order valence-electron chi connectivity index (χ1n) is 4.97. The molecule has 0 radical (unpaired) electrons. The number of rotatable bonds is 1. The topological polar surface area (TPSA) is 98.3 Å². The second-order valence-electron chi connectivity index (χ2n) is 3.49. The molecule has 2 heterocycles. The van der Waals surface area contributed by atoms with Gasteiger partial charge in [0.25, 0.3) is 11.5 Å². The SMILES string of the molecule is O=C(c1nc(O)cc(=O)[nH]1)N1CCNCC1. The largest absolute Gasteiger partial charge is 0.493 e. The molecule has 3 N–H and O–H groups in total. The van der Waals surface area contributed by atoms with Crippen LogP contribution in [0.4, 0.5) is 0 Å². The van der Waals surface area contributed by atoms with Gasteiger partial charge in [0, 0.05) is 26.2 Å². The highest BCUT2D eigenvalue weighted by Crippen LogP contribution is 2.03. The normalized spacial score (nSPS) is 16.1. The van der Waals surface area contributed by atoms with Gasteiger partial charge in [0.2, 0.25) is 11.7 Å². The number of aromatic nitrogens is 2. The van der Waals surface area contributed by atoms with E-state index in [1.165, 1.54) is 0 Å². The van der Waals surface area contributed by atoms with Crippen molar-refractivity contribution in [3.8, 4) is 5.88 Å². The lowest BCUT2D eigenvalue weighted by Gasteiger charge is -2.26. The minimum Gasteiger partial charge on any atom is -0.493 e. The van der Waals surface area contributed by atoms with Crippen molar-refractivity contribution < 1.29 is 9.90 Å². The van der Waals surface area contributed by atoms with Crippen LogP contribution in [0.15, 0.2) is 10.9 Å². The molecular formula is C9H12N4O3. The average molecular weight is 224 g/mol. The Hall–Kier alpha value is -1.89. The summed E-state index contributed by atoms with van der Waals surface area (Å²) in [6.45, 7) is 2.57. The summed E-state index contributed by atoms with van der Waals surface area (Å²) < 4.78 is 0. The van der Waals surface area contributed by atoms with Crippen molar-refractivity contribution in [2.75, 3.05) is 26.2 Å². The van der Waals surface area contributed by atoms with E-state index >= 15 is 0 Å². The van der Waals surface area contributed by atoms with Crippen molar-refractivity contribution in [3.63, 3.8) is 0 Å². The highest BCUT2D eigenvalue weighted by Gasteiger charge is 2.20. The Balaban J connectivity index is 2.22. The fourth-order valence-corrected chi connectivity index (χ4v) is 1.56. The van der Waals surface area contributed by atoms with Gasteiger partial charge in [0.15, 0.2) is 0 Å². The third kappa shape index (κ3) is 2.19. The molecule has 7 nitrogen and oxygen atoms in total. The van der Waals surface area contributed by atoms with Crippen LogP contribution in [0.1, 0.15) is 10.6 Å². The molecule has 0 aliphatic carbocycles.